The summed E-state index contributed by atoms with van der Waals surface area (Å²) in [4.78, 5) is 21.8. The number of rotatable bonds is 3. The maximum Gasteiger partial charge on any atom is 0.336 e. The average Bonchev–Trinajstić information content (AvgIpc) is 2.78. The second kappa shape index (κ2) is 4.77. The highest BCUT2D eigenvalue weighted by molar-refractivity contribution is 7.99. The van der Waals surface area contributed by atoms with Crippen LogP contribution in [-0.4, -0.2) is 33.9 Å². The van der Waals surface area contributed by atoms with Crippen LogP contribution in [0.1, 0.15) is 21.3 Å². The standard InChI is InChI=1S/C11H11NO4S/c13-10(14)7-4-2-1-3-6(7)9-12-8(5-17-9)11(15)16/h1-4,8-9,12H,5H2,(H,13,14)(H,15,16)/t8-,9+/m1/s1. The number of nitrogens with one attached hydrogen (secondary N) is 1. The molecule has 1 aliphatic rings. The Morgan fingerprint density at radius 1 is 1.29 bits per heavy atom. The van der Waals surface area contributed by atoms with E-state index in [1.165, 1.54) is 17.8 Å². The highest BCUT2D eigenvalue weighted by Gasteiger charge is 2.32. The molecule has 1 saturated heterocycles. The van der Waals surface area contributed by atoms with E-state index >= 15 is 0 Å². The van der Waals surface area contributed by atoms with Crippen LogP contribution in [-0.2, 0) is 4.79 Å². The van der Waals surface area contributed by atoms with Crippen molar-refractivity contribution in [2.75, 3.05) is 5.75 Å². The Bertz CT molecular complexity index is 463. The molecule has 6 heteroatoms. The lowest BCUT2D eigenvalue weighted by atomic mass is 10.1. The zero-order valence-corrected chi connectivity index (χ0v) is 9.61. The van der Waals surface area contributed by atoms with E-state index < -0.39 is 18.0 Å². The third-order valence-corrected chi connectivity index (χ3v) is 3.80. The lowest BCUT2D eigenvalue weighted by Gasteiger charge is -2.13. The number of hydrogen-bond donors (Lipinski definition) is 3. The molecule has 0 aromatic heterocycles. The van der Waals surface area contributed by atoms with Gasteiger partial charge in [-0.25, -0.2) is 4.79 Å². The van der Waals surface area contributed by atoms with Crippen LogP contribution in [0.4, 0.5) is 0 Å². The molecule has 90 valence electrons. The minimum absolute atomic E-state index is 0.212. The zero-order valence-electron chi connectivity index (χ0n) is 8.79. The largest absolute Gasteiger partial charge is 0.480 e. The van der Waals surface area contributed by atoms with Crippen LogP contribution in [0.25, 0.3) is 0 Å². The van der Waals surface area contributed by atoms with Gasteiger partial charge < -0.3 is 10.2 Å². The van der Waals surface area contributed by atoms with Gasteiger partial charge in [0.15, 0.2) is 0 Å². The van der Waals surface area contributed by atoms with E-state index in [0.717, 1.165) is 0 Å². The molecule has 0 spiro atoms. The van der Waals surface area contributed by atoms with Crippen LogP contribution in [0.3, 0.4) is 0 Å². The number of carboxylic acid groups (broad SMARTS) is 2. The first-order valence-corrected chi connectivity index (χ1v) is 6.07. The molecule has 1 heterocycles. The molecule has 5 nitrogen and oxygen atoms in total. The third kappa shape index (κ3) is 2.42. The molecule has 3 N–H and O–H groups in total. The van der Waals surface area contributed by atoms with Crippen molar-refractivity contribution < 1.29 is 19.8 Å². The first kappa shape index (κ1) is 11.9. The highest BCUT2D eigenvalue weighted by Crippen LogP contribution is 2.34. The van der Waals surface area contributed by atoms with E-state index in [2.05, 4.69) is 5.32 Å². The van der Waals surface area contributed by atoms with Crippen LogP contribution in [0.2, 0.25) is 0 Å². The summed E-state index contributed by atoms with van der Waals surface area (Å²) in [7, 11) is 0. The molecule has 0 unspecified atom stereocenters. The molecule has 0 radical (unpaired) electrons. The van der Waals surface area contributed by atoms with Gasteiger partial charge >= 0.3 is 11.9 Å². The first-order chi connectivity index (χ1) is 8.09. The van der Waals surface area contributed by atoms with E-state index in [4.69, 9.17) is 10.2 Å². The second-order valence-electron chi connectivity index (χ2n) is 3.66. The molecule has 0 amide bonds. The van der Waals surface area contributed by atoms with E-state index in [1.807, 2.05) is 0 Å². The Kier molecular flexibility index (Phi) is 3.35. The van der Waals surface area contributed by atoms with Crippen LogP contribution in [0.15, 0.2) is 24.3 Å². The van der Waals surface area contributed by atoms with E-state index in [1.54, 1.807) is 18.2 Å². The summed E-state index contributed by atoms with van der Waals surface area (Å²) in [6, 6.07) is 6.01. The summed E-state index contributed by atoms with van der Waals surface area (Å²) < 4.78 is 0. The van der Waals surface area contributed by atoms with Crippen LogP contribution in [0.5, 0.6) is 0 Å². The molecule has 0 bridgehead atoms. The van der Waals surface area contributed by atoms with Gasteiger partial charge in [0.1, 0.15) is 6.04 Å². The van der Waals surface area contributed by atoms with E-state index in [-0.39, 0.29) is 10.9 Å². The normalized spacial score (nSPS) is 23.5. The Balaban J connectivity index is 2.24. The minimum atomic E-state index is -0.998. The SMILES string of the molecule is O=C(O)c1ccccc1[C@H]1N[C@@H](C(=O)O)CS1. The summed E-state index contributed by atoms with van der Waals surface area (Å²) in [6.07, 6.45) is 0. The monoisotopic (exact) mass is 253 g/mol. The fraction of sp³-hybridized carbons (Fsp3) is 0.273. The topological polar surface area (TPSA) is 86.6 Å². The number of benzene rings is 1. The van der Waals surface area contributed by atoms with Crippen LogP contribution >= 0.6 is 11.8 Å². The van der Waals surface area contributed by atoms with Gasteiger partial charge in [-0.15, -0.1) is 11.8 Å². The summed E-state index contributed by atoms with van der Waals surface area (Å²) in [5, 5.41) is 20.5. The summed E-state index contributed by atoms with van der Waals surface area (Å²) >= 11 is 1.41. The zero-order chi connectivity index (χ0) is 12.4. The smallest absolute Gasteiger partial charge is 0.336 e. The second-order valence-corrected chi connectivity index (χ2v) is 4.80. The van der Waals surface area contributed by atoms with Gasteiger partial charge in [-0.1, -0.05) is 18.2 Å². The van der Waals surface area contributed by atoms with Gasteiger partial charge in [-0.2, -0.15) is 0 Å². The summed E-state index contributed by atoms with van der Waals surface area (Å²) in [5.41, 5.74) is 0.831. The first-order valence-electron chi connectivity index (χ1n) is 5.02. The number of carbonyl (C=O) groups is 2. The van der Waals surface area contributed by atoms with Crippen molar-refractivity contribution in [3.05, 3.63) is 35.4 Å². The summed E-state index contributed by atoms with van der Waals surface area (Å²) in [6.45, 7) is 0. The van der Waals surface area contributed by atoms with Gasteiger partial charge in [0, 0.05) is 5.75 Å². The van der Waals surface area contributed by atoms with Crippen molar-refractivity contribution >= 4 is 23.7 Å². The third-order valence-electron chi connectivity index (χ3n) is 2.55. The number of aromatic carboxylic acids is 1. The number of aliphatic carboxylic acids is 1. The van der Waals surface area contributed by atoms with Crippen molar-refractivity contribution in [2.24, 2.45) is 0 Å². The Labute approximate surface area is 102 Å². The Morgan fingerprint density at radius 2 is 2.00 bits per heavy atom. The van der Waals surface area contributed by atoms with Crippen LogP contribution < -0.4 is 5.32 Å². The predicted molar refractivity (Wildman–Crippen MR) is 63.2 cm³/mol. The Hall–Kier alpha value is -1.53. The molecule has 0 aliphatic carbocycles. The van der Waals surface area contributed by atoms with Gasteiger partial charge in [0.2, 0.25) is 0 Å². The molecule has 1 aromatic rings. The van der Waals surface area contributed by atoms with Gasteiger partial charge in [0.05, 0.1) is 10.9 Å². The molecule has 1 aromatic carbocycles. The molecular formula is C11H11NO4S. The molecule has 2 rings (SSSR count). The van der Waals surface area contributed by atoms with E-state index in [0.29, 0.717) is 11.3 Å². The lowest BCUT2D eigenvalue weighted by molar-refractivity contribution is -0.138. The molecule has 0 saturated carbocycles. The molecule has 1 aliphatic heterocycles. The fourth-order valence-corrected chi connectivity index (χ4v) is 2.98. The number of hydrogen-bond acceptors (Lipinski definition) is 4. The molecule has 17 heavy (non-hydrogen) atoms. The number of carboxylic acids is 2. The van der Waals surface area contributed by atoms with Gasteiger partial charge in [0.25, 0.3) is 0 Å². The van der Waals surface area contributed by atoms with Crippen molar-refractivity contribution in [3.63, 3.8) is 0 Å². The maximum absolute atomic E-state index is 11.0. The minimum Gasteiger partial charge on any atom is -0.480 e. The van der Waals surface area contributed by atoms with Gasteiger partial charge in [-0.05, 0) is 11.6 Å². The van der Waals surface area contributed by atoms with Crippen molar-refractivity contribution in [1.82, 2.24) is 5.32 Å². The van der Waals surface area contributed by atoms with Crippen molar-refractivity contribution in [3.8, 4) is 0 Å². The van der Waals surface area contributed by atoms with Crippen LogP contribution in [0, 0.1) is 0 Å². The molecular weight excluding hydrogens is 242 g/mol. The fourth-order valence-electron chi connectivity index (χ4n) is 1.71. The predicted octanol–water partition coefficient (Wildman–Crippen LogP) is 1.17. The molecule has 1 fully saturated rings. The van der Waals surface area contributed by atoms with E-state index in [9.17, 15) is 9.59 Å². The highest BCUT2D eigenvalue weighted by atomic mass is 32.2. The Morgan fingerprint density at radius 3 is 2.59 bits per heavy atom. The molecule has 2 atom stereocenters. The maximum atomic E-state index is 11.0. The van der Waals surface area contributed by atoms with Gasteiger partial charge in [-0.3, -0.25) is 10.1 Å². The quantitative estimate of drug-likeness (QED) is 0.749. The summed E-state index contributed by atoms with van der Waals surface area (Å²) in [5.74, 6) is -1.47. The number of thioether (sulfide) groups is 1. The average molecular weight is 253 g/mol. The van der Waals surface area contributed by atoms with Crippen molar-refractivity contribution in [2.45, 2.75) is 11.4 Å². The van der Waals surface area contributed by atoms with Crippen molar-refractivity contribution in [1.29, 1.82) is 0 Å². The lowest BCUT2D eigenvalue weighted by Crippen LogP contribution is -2.34.